The van der Waals surface area contributed by atoms with E-state index in [1.54, 1.807) is 0 Å². The minimum atomic E-state index is 0.00172. The topological polar surface area (TPSA) is 33.1 Å². The molecule has 0 bridgehead atoms. The maximum absolute atomic E-state index is 6.35. The fraction of sp³-hybridized carbons (Fsp3) is 0.360. The molecule has 3 aromatic rings. The highest BCUT2D eigenvalue weighted by molar-refractivity contribution is 7.80. The fourth-order valence-electron chi connectivity index (χ4n) is 4.62. The van der Waals surface area contributed by atoms with E-state index < -0.39 is 0 Å². The van der Waals surface area contributed by atoms with Gasteiger partial charge in [-0.05, 0) is 80.4 Å². The quantitative estimate of drug-likeness (QED) is 0.475. The van der Waals surface area contributed by atoms with Gasteiger partial charge < -0.3 is 14.8 Å². The van der Waals surface area contributed by atoms with E-state index in [0.717, 1.165) is 28.1 Å². The Bertz CT molecular complexity index is 1110. The van der Waals surface area contributed by atoms with Crippen molar-refractivity contribution in [2.24, 2.45) is 5.92 Å². The molecule has 0 radical (unpaired) electrons. The van der Waals surface area contributed by atoms with Gasteiger partial charge in [-0.2, -0.15) is 0 Å². The molecule has 1 N–H and O–H groups in total. The van der Waals surface area contributed by atoms with Crippen LogP contribution in [-0.4, -0.2) is 26.1 Å². The summed E-state index contributed by atoms with van der Waals surface area (Å²) >= 11 is 12.1. The van der Waals surface area contributed by atoms with Crippen molar-refractivity contribution < 1.29 is 0 Å². The van der Waals surface area contributed by atoms with Crippen molar-refractivity contribution in [3.8, 4) is 5.69 Å². The van der Waals surface area contributed by atoms with Gasteiger partial charge in [-0.25, -0.2) is 0 Å². The average molecular weight is 453 g/mol. The Morgan fingerprint density at radius 1 is 1.13 bits per heavy atom. The van der Waals surface area contributed by atoms with Crippen molar-refractivity contribution in [3.63, 3.8) is 0 Å². The summed E-state index contributed by atoms with van der Waals surface area (Å²) in [6, 6.07) is 14.5. The van der Waals surface area contributed by atoms with Gasteiger partial charge >= 0.3 is 0 Å². The maximum atomic E-state index is 6.35. The molecule has 162 valence electrons. The van der Waals surface area contributed by atoms with Crippen molar-refractivity contribution in [2.45, 2.75) is 46.7 Å². The van der Waals surface area contributed by atoms with Crippen LogP contribution in [0.1, 0.15) is 54.1 Å². The molecule has 4 rings (SSSR count). The molecule has 1 saturated heterocycles. The van der Waals surface area contributed by atoms with Crippen LogP contribution < -0.4 is 5.32 Å². The molecule has 0 spiro atoms. The average Bonchev–Trinajstić information content (AvgIpc) is 3.20. The van der Waals surface area contributed by atoms with E-state index in [-0.39, 0.29) is 12.1 Å². The molecule has 31 heavy (non-hydrogen) atoms. The number of thiocarbonyl (C=S) groups is 1. The van der Waals surface area contributed by atoms with Gasteiger partial charge in [-0.3, -0.25) is 4.98 Å². The summed E-state index contributed by atoms with van der Waals surface area (Å²) in [5, 5.41) is 5.09. The number of nitrogens with zero attached hydrogens (tertiary/aromatic N) is 3. The normalized spacial score (nSPS) is 18.7. The summed E-state index contributed by atoms with van der Waals surface area (Å²) in [6.45, 7) is 11.8. The molecule has 1 aromatic carbocycles. The lowest BCUT2D eigenvalue weighted by Crippen LogP contribution is -2.33. The zero-order valence-corrected chi connectivity index (χ0v) is 20.3. The van der Waals surface area contributed by atoms with Crippen LogP contribution in [0.4, 0.5) is 0 Å². The van der Waals surface area contributed by atoms with Gasteiger partial charge in [0.05, 0.1) is 17.8 Å². The zero-order valence-electron chi connectivity index (χ0n) is 18.7. The van der Waals surface area contributed by atoms with Crippen LogP contribution in [-0.2, 0) is 0 Å². The number of hydrogen-bond acceptors (Lipinski definition) is 2. The molecule has 0 amide bonds. The molecule has 3 heterocycles. The van der Waals surface area contributed by atoms with Gasteiger partial charge in [0.25, 0.3) is 0 Å². The van der Waals surface area contributed by atoms with E-state index in [1.807, 2.05) is 30.5 Å². The maximum Gasteiger partial charge on any atom is 0.170 e. The van der Waals surface area contributed by atoms with Gasteiger partial charge in [0.2, 0.25) is 0 Å². The minimum absolute atomic E-state index is 0.00172. The number of benzene rings is 1. The Morgan fingerprint density at radius 3 is 2.58 bits per heavy atom. The first-order chi connectivity index (χ1) is 14.8. The summed E-state index contributed by atoms with van der Waals surface area (Å²) in [7, 11) is 0. The second-order valence-electron chi connectivity index (χ2n) is 8.77. The zero-order chi connectivity index (χ0) is 22.3. The second-order valence-corrected chi connectivity index (χ2v) is 9.59. The highest BCUT2D eigenvalue weighted by atomic mass is 35.5. The molecular formula is C25H29ClN4S. The summed E-state index contributed by atoms with van der Waals surface area (Å²) in [4.78, 5) is 6.98. The van der Waals surface area contributed by atoms with E-state index in [1.165, 1.54) is 22.5 Å². The monoisotopic (exact) mass is 452 g/mol. The van der Waals surface area contributed by atoms with Crippen molar-refractivity contribution in [3.05, 3.63) is 81.9 Å². The lowest BCUT2D eigenvalue weighted by Gasteiger charge is -2.29. The van der Waals surface area contributed by atoms with Crippen LogP contribution in [0.25, 0.3) is 5.69 Å². The van der Waals surface area contributed by atoms with Gasteiger partial charge in [-0.1, -0.05) is 37.6 Å². The molecule has 2 atom stereocenters. The molecule has 0 saturated carbocycles. The molecule has 6 heteroatoms. The van der Waals surface area contributed by atoms with Crippen LogP contribution in [0.5, 0.6) is 0 Å². The summed E-state index contributed by atoms with van der Waals surface area (Å²) < 4.78 is 2.31. The predicted molar refractivity (Wildman–Crippen MR) is 132 cm³/mol. The first-order valence-electron chi connectivity index (χ1n) is 10.7. The number of aromatic nitrogens is 2. The Labute approximate surface area is 195 Å². The number of rotatable bonds is 5. The molecule has 4 nitrogen and oxygen atoms in total. The SMILES string of the molecule is Cc1ccc(Cl)cc1-n1c(C)cc([C@@H]2[C@@H](c3ccccn3)NC(=S)N2CC(C)C)c1C. The number of pyridine rings is 1. The van der Waals surface area contributed by atoms with Gasteiger partial charge in [0.1, 0.15) is 0 Å². The fourth-order valence-corrected chi connectivity index (χ4v) is 5.10. The standard InChI is InChI=1S/C25H29ClN4S/c1-15(2)14-29-24(23(28-25(29)31)21-8-6-7-11-27-21)20-12-17(4)30(18(20)5)22-13-19(26)10-9-16(22)3/h6-13,15,23-24H,14H2,1-5H3,(H,28,31)/t23-,24-/m1/s1. The largest absolute Gasteiger partial charge is 0.352 e. The van der Waals surface area contributed by atoms with Gasteiger partial charge in [-0.15, -0.1) is 0 Å². The van der Waals surface area contributed by atoms with Gasteiger partial charge in [0, 0.05) is 34.8 Å². The number of nitrogens with one attached hydrogen (secondary N) is 1. The van der Waals surface area contributed by atoms with Crippen LogP contribution in [0.15, 0.2) is 48.7 Å². The lowest BCUT2D eigenvalue weighted by molar-refractivity contribution is 0.287. The van der Waals surface area contributed by atoms with E-state index in [9.17, 15) is 0 Å². The number of hydrogen-bond donors (Lipinski definition) is 1. The van der Waals surface area contributed by atoms with E-state index in [4.69, 9.17) is 23.8 Å². The van der Waals surface area contributed by atoms with Crippen LogP contribution >= 0.6 is 23.8 Å². The first-order valence-corrected chi connectivity index (χ1v) is 11.5. The lowest BCUT2D eigenvalue weighted by atomic mass is 9.96. The Hall–Kier alpha value is -2.37. The molecule has 0 unspecified atom stereocenters. The molecular weight excluding hydrogens is 424 g/mol. The molecule has 2 aromatic heterocycles. The summed E-state index contributed by atoms with van der Waals surface area (Å²) in [5.41, 5.74) is 6.96. The van der Waals surface area contributed by atoms with Crippen molar-refractivity contribution in [2.75, 3.05) is 6.54 Å². The first kappa shape index (κ1) is 21.8. The van der Waals surface area contributed by atoms with E-state index in [2.05, 4.69) is 72.6 Å². The number of halogens is 1. The smallest absolute Gasteiger partial charge is 0.170 e. The predicted octanol–water partition coefficient (Wildman–Crippen LogP) is 6.08. The van der Waals surface area contributed by atoms with Crippen molar-refractivity contribution >= 4 is 28.9 Å². The minimum Gasteiger partial charge on any atom is -0.352 e. The van der Waals surface area contributed by atoms with Crippen molar-refractivity contribution in [1.29, 1.82) is 0 Å². The third-order valence-electron chi connectivity index (χ3n) is 5.96. The Kier molecular flexibility index (Phi) is 6.09. The molecule has 1 aliphatic heterocycles. The molecule has 1 fully saturated rings. The van der Waals surface area contributed by atoms with E-state index >= 15 is 0 Å². The van der Waals surface area contributed by atoms with E-state index in [0.29, 0.717) is 5.92 Å². The Morgan fingerprint density at radius 2 is 1.90 bits per heavy atom. The molecule has 1 aliphatic rings. The van der Waals surface area contributed by atoms with Crippen LogP contribution in [0.3, 0.4) is 0 Å². The van der Waals surface area contributed by atoms with Gasteiger partial charge in [0.15, 0.2) is 5.11 Å². The molecule has 0 aliphatic carbocycles. The van der Waals surface area contributed by atoms with Crippen molar-refractivity contribution in [1.82, 2.24) is 19.8 Å². The second kappa shape index (κ2) is 8.64. The van der Waals surface area contributed by atoms with Crippen LogP contribution in [0, 0.1) is 26.7 Å². The summed E-state index contributed by atoms with van der Waals surface area (Å²) in [5.74, 6) is 0.489. The van der Waals surface area contributed by atoms with Crippen LogP contribution in [0.2, 0.25) is 5.02 Å². The third kappa shape index (κ3) is 4.09. The highest BCUT2D eigenvalue weighted by Crippen LogP contribution is 2.42. The number of aryl methyl sites for hydroxylation is 2. The summed E-state index contributed by atoms with van der Waals surface area (Å²) in [6.07, 6.45) is 1.85. The Balaban J connectivity index is 1.86. The highest BCUT2D eigenvalue weighted by Gasteiger charge is 2.41. The third-order valence-corrected chi connectivity index (χ3v) is 6.55.